The molecule has 0 aliphatic rings. The van der Waals surface area contributed by atoms with E-state index in [1.807, 2.05) is 0 Å². The molecule has 0 heterocycles. The Morgan fingerprint density at radius 1 is 0.515 bits per heavy atom. The van der Waals surface area contributed by atoms with Crippen molar-refractivity contribution in [3.05, 3.63) is 0 Å². The van der Waals surface area contributed by atoms with Crippen LogP contribution in [0.3, 0.4) is 0 Å². The van der Waals surface area contributed by atoms with E-state index in [1.54, 1.807) is 0 Å². The molecule has 0 rings (SSSR count). The number of ether oxygens (including phenoxy) is 1. The van der Waals surface area contributed by atoms with E-state index in [0.29, 0.717) is 6.42 Å². The van der Waals surface area contributed by atoms with Gasteiger partial charge in [0.2, 0.25) is 0 Å². The Morgan fingerprint density at radius 2 is 0.818 bits per heavy atom. The average molecular weight is 468 g/mol. The summed E-state index contributed by atoms with van der Waals surface area (Å²) in [6, 6.07) is 0. The number of nitrogens with two attached hydrogens (primary N) is 1. The normalized spacial score (nSPS) is 12.2. The highest BCUT2D eigenvalue weighted by Crippen LogP contribution is 2.15. The zero-order valence-electron chi connectivity index (χ0n) is 22.9. The van der Waals surface area contributed by atoms with E-state index >= 15 is 0 Å². The van der Waals surface area contributed by atoms with E-state index in [4.69, 9.17) is 10.5 Å². The molecular formula is C30H61NO2. The summed E-state index contributed by atoms with van der Waals surface area (Å²) in [6.07, 6.45) is 32.8. The van der Waals surface area contributed by atoms with Crippen molar-refractivity contribution in [2.75, 3.05) is 0 Å². The molecule has 0 radical (unpaired) electrons. The van der Waals surface area contributed by atoms with Gasteiger partial charge in [-0.25, -0.2) is 0 Å². The summed E-state index contributed by atoms with van der Waals surface area (Å²) in [5, 5.41) is 0. The van der Waals surface area contributed by atoms with Crippen molar-refractivity contribution >= 4 is 5.97 Å². The van der Waals surface area contributed by atoms with Gasteiger partial charge >= 0.3 is 5.97 Å². The largest absolute Gasteiger partial charge is 0.447 e. The lowest BCUT2D eigenvalue weighted by Gasteiger charge is -2.13. The maximum Gasteiger partial charge on any atom is 0.307 e. The van der Waals surface area contributed by atoms with Crippen molar-refractivity contribution in [1.29, 1.82) is 0 Å². The summed E-state index contributed by atoms with van der Waals surface area (Å²) in [7, 11) is 0. The second-order valence-corrected chi connectivity index (χ2v) is 10.3. The van der Waals surface area contributed by atoms with Crippen LogP contribution in [0.4, 0.5) is 0 Å². The fourth-order valence-electron chi connectivity index (χ4n) is 4.58. The molecule has 1 unspecified atom stereocenters. The van der Waals surface area contributed by atoms with Gasteiger partial charge in [0.05, 0.1) is 0 Å². The van der Waals surface area contributed by atoms with Crippen molar-refractivity contribution < 1.29 is 9.53 Å². The monoisotopic (exact) mass is 467 g/mol. The number of carbonyl (C=O) groups is 1. The minimum Gasteiger partial charge on any atom is -0.447 e. The molecule has 0 aliphatic carbocycles. The van der Waals surface area contributed by atoms with Crippen LogP contribution in [0.5, 0.6) is 0 Å². The first-order valence-electron chi connectivity index (χ1n) is 15.2. The van der Waals surface area contributed by atoms with Gasteiger partial charge in [-0.2, -0.15) is 0 Å². The lowest BCUT2D eigenvalue weighted by Crippen LogP contribution is -2.26. The molecule has 0 bridgehead atoms. The molecular weight excluding hydrogens is 406 g/mol. The highest BCUT2D eigenvalue weighted by atomic mass is 16.6. The first-order valence-corrected chi connectivity index (χ1v) is 15.2. The number of unbranched alkanes of at least 4 members (excludes halogenated alkanes) is 22. The predicted octanol–water partition coefficient (Wildman–Crippen LogP) is 10.00. The zero-order valence-corrected chi connectivity index (χ0v) is 22.9. The Hall–Kier alpha value is -0.570. The van der Waals surface area contributed by atoms with Crippen LogP contribution in [0.25, 0.3) is 0 Å². The molecule has 3 heteroatoms. The van der Waals surface area contributed by atoms with Crippen molar-refractivity contribution in [3.63, 3.8) is 0 Å². The van der Waals surface area contributed by atoms with Gasteiger partial charge in [-0.1, -0.05) is 155 Å². The molecule has 198 valence electrons. The standard InChI is InChI=1S/C30H61NO2/c1-3-5-7-9-11-13-14-15-16-17-18-20-22-24-26-28-30(32)33-29(31)27-25-23-21-19-12-10-8-6-4-2/h29H,3-28,31H2,1-2H3. The Labute approximate surface area is 208 Å². The van der Waals surface area contributed by atoms with Gasteiger partial charge in [0, 0.05) is 6.42 Å². The molecule has 3 nitrogen and oxygen atoms in total. The molecule has 0 saturated heterocycles. The number of rotatable bonds is 27. The van der Waals surface area contributed by atoms with Crippen molar-refractivity contribution in [1.82, 2.24) is 0 Å². The molecule has 1 atom stereocenters. The SMILES string of the molecule is CCCCCCCCCCCCCCCCCC(=O)OC(N)CCCCCCCCCCC. The van der Waals surface area contributed by atoms with E-state index in [-0.39, 0.29) is 5.97 Å². The molecule has 0 aromatic rings. The van der Waals surface area contributed by atoms with Gasteiger partial charge in [0.15, 0.2) is 6.23 Å². The maximum atomic E-state index is 11.9. The Balaban J connectivity index is 3.27. The second-order valence-electron chi connectivity index (χ2n) is 10.3. The van der Waals surface area contributed by atoms with E-state index in [0.717, 1.165) is 25.7 Å². The van der Waals surface area contributed by atoms with Crippen LogP contribution in [0.15, 0.2) is 0 Å². The van der Waals surface area contributed by atoms with Gasteiger partial charge < -0.3 is 4.74 Å². The number of carbonyl (C=O) groups excluding carboxylic acids is 1. The summed E-state index contributed by atoms with van der Waals surface area (Å²) in [4.78, 5) is 11.9. The van der Waals surface area contributed by atoms with Crippen LogP contribution in [-0.4, -0.2) is 12.2 Å². The van der Waals surface area contributed by atoms with Gasteiger partial charge in [-0.05, 0) is 19.3 Å². The van der Waals surface area contributed by atoms with Gasteiger partial charge in [0.1, 0.15) is 0 Å². The Morgan fingerprint density at radius 3 is 1.18 bits per heavy atom. The van der Waals surface area contributed by atoms with Crippen LogP contribution in [0, 0.1) is 0 Å². The molecule has 0 fully saturated rings. The Kier molecular flexibility index (Phi) is 27.2. The minimum absolute atomic E-state index is 0.104. The summed E-state index contributed by atoms with van der Waals surface area (Å²) in [6.45, 7) is 4.54. The van der Waals surface area contributed by atoms with Gasteiger partial charge in [-0.15, -0.1) is 0 Å². The first kappa shape index (κ1) is 32.4. The minimum atomic E-state index is -0.404. The van der Waals surface area contributed by atoms with Gasteiger partial charge in [0.25, 0.3) is 0 Å². The van der Waals surface area contributed by atoms with Crippen LogP contribution in [0.2, 0.25) is 0 Å². The topological polar surface area (TPSA) is 52.3 Å². The predicted molar refractivity (Wildman–Crippen MR) is 145 cm³/mol. The lowest BCUT2D eigenvalue weighted by atomic mass is 10.0. The summed E-state index contributed by atoms with van der Waals surface area (Å²) >= 11 is 0. The quantitative estimate of drug-likeness (QED) is 0.0742. The number of esters is 1. The second kappa shape index (κ2) is 27.7. The van der Waals surface area contributed by atoms with Crippen LogP contribution in [-0.2, 0) is 9.53 Å². The van der Waals surface area contributed by atoms with Crippen molar-refractivity contribution in [2.24, 2.45) is 5.73 Å². The lowest BCUT2D eigenvalue weighted by molar-refractivity contribution is -0.149. The van der Waals surface area contributed by atoms with Crippen molar-refractivity contribution in [2.45, 2.75) is 187 Å². The molecule has 33 heavy (non-hydrogen) atoms. The van der Waals surface area contributed by atoms with E-state index in [2.05, 4.69) is 13.8 Å². The fourth-order valence-corrected chi connectivity index (χ4v) is 4.58. The summed E-state index contributed by atoms with van der Waals surface area (Å²) in [5.41, 5.74) is 5.98. The summed E-state index contributed by atoms with van der Waals surface area (Å²) in [5.74, 6) is -0.104. The number of hydrogen-bond donors (Lipinski definition) is 1. The van der Waals surface area contributed by atoms with E-state index in [1.165, 1.54) is 135 Å². The molecule has 0 amide bonds. The number of hydrogen-bond acceptors (Lipinski definition) is 3. The fraction of sp³-hybridized carbons (Fsp3) is 0.967. The average Bonchev–Trinajstić information content (AvgIpc) is 2.80. The highest BCUT2D eigenvalue weighted by Gasteiger charge is 2.09. The van der Waals surface area contributed by atoms with E-state index < -0.39 is 6.23 Å². The third kappa shape index (κ3) is 27.6. The third-order valence-electron chi connectivity index (χ3n) is 6.86. The van der Waals surface area contributed by atoms with Gasteiger partial charge in [-0.3, -0.25) is 10.5 Å². The van der Waals surface area contributed by atoms with Crippen LogP contribution < -0.4 is 5.73 Å². The zero-order chi connectivity index (χ0) is 24.2. The first-order chi connectivity index (χ1) is 16.2. The van der Waals surface area contributed by atoms with Crippen molar-refractivity contribution in [3.8, 4) is 0 Å². The molecule has 0 aromatic heterocycles. The molecule has 0 spiro atoms. The van der Waals surface area contributed by atoms with Crippen LogP contribution in [0.1, 0.15) is 181 Å². The van der Waals surface area contributed by atoms with E-state index in [9.17, 15) is 4.79 Å². The smallest absolute Gasteiger partial charge is 0.307 e. The molecule has 0 aromatic carbocycles. The third-order valence-corrected chi connectivity index (χ3v) is 6.86. The molecule has 0 aliphatic heterocycles. The summed E-state index contributed by atoms with van der Waals surface area (Å²) < 4.78 is 5.38. The maximum absolute atomic E-state index is 11.9. The molecule has 2 N–H and O–H groups in total. The molecule has 0 saturated carbocycles. The highest BCUT2D eigenvalue weighted by molar-refractivity contribution is 5.69. The van der Waals surface area contributed by atoms with Crippen LogP contribution >= 0.6 is 0 Å². The Bertz CT molecular complexity index is 385.